The summed E-state index contributed by atoms with van der Waals surface area (Å²) in [6, 6.07) is 8.67. The van der Waals surface area contributed by atoms with Crippen LogP contribution in [0.5, 0.6) is 0 Å². The topological polar surface area (TPSA) is 26.0 Å². The Morgan fingerprint density at radius 3 is 2.94 bits per heavy atom. The number of benzene rings is 1. The minimum Gasteiger partial charge on any atom is -0.326 e. The summed E-state index contributed by atoms with van der Waals surface area (Å²) >= 11 is 0. The second-order valence-electron chi connectivity index (χ2n) is 4.68. The fourth-order valence-electron chi connectivity index (χ4n) is 2.89. The van der Waals surface area contributed by atoms with Gasteiger partial charge in [-0.25, -0.2) is 0 Å². The molecule has 2 N–H and O–H groups in total. The number of aryl methyl sites for hydroxylation is 1. The van der Waals surface area contributed by atoms with E-state index in [1.807, 2.05) is 0 Å². The van der Waals surface area contributed by atoms with Gasteiger partial charge in [0.05, 0.1) is 0 Å². The molecular formula is C16H17N. The highest BCUT2D eigenvalue weighted by atomic mass is 14.5. The Morgan fingerprint density at radius 1 is 1.18 bits per heavy atom. The lowest BCUT2D eigenvalue weighted by atomic mass is 9.88. The summed E-state index contributed by atoms with van der Waals surface area (Å²) in [7, 11) is 0. The fraction of sp³-hybridized carbons (Fsp3) is 0.250. The Morgan fingerprint density at radius 2 is 2.06 bits per heavy atom. The SMILES string of the molecule is NCC1=C2C=CC=CC2CCc2ccccc21. The quantitative estimate of drug-likeness (QED) is 0.778. The molecule has 0 amide bonds. The zero-order chi connectivity index (χ0) is 11.7. The van der Waals surface area contributed by atoms with Crippen molar-refractivity contribution in [3.05, 3.63) is 65.3 Å². The van der Waals surface area contributed by atoms with E-state index >= 15 is 0 Å². The first-order valence-corrected chi connectivity index (χ1v) is 6.26. The molecule has 0 saturated carbocycles. The number of nitrogens with two attached hydrogens (primary N) is 1. The molecule has 0 spiro atoms. The molecule has 1 atom stereocenters. The minimum atomic E-state index is 0.547. The van der Waals surface area contributed by atoms with Crippen LogP contribution in [-0.4, -0.2) is 6.54 Å². The van der Waals surface area contributed by atoms with E-state index in [-0.39, 0.29) is 0 Å². The molecule has 0 fully saturated rings. The van der Waals surface area contributed by atoms with Crippen molar-refractivity contribution in [1.29, 1.82) is 0 Å². The minimum absolute atomic E-state index is 0.547. The normalized spacial score (nSPS) is 22.1. The third-order valence-corrected chi connectivity index (χ3v) is 3.75. The van der Waals surface area contributed by atoms with E-state index in [2.05, 4.69) is 48.6 Å². The maximum atomic E-state index is 5.98. The maximum Gasteiger partial charge on any atom is 0.0187 e. The lowest BCUT2D eigenvalue weighted by molar-refractivity contribution is 0.690. The molecule has 0 radical (unpaired) electrons. The van der Waals surface area contributed by atoms with Crippen molar-refractivity contribution in [2.45, 2.75) is 12.8 Å². The third kappa shape index (κ3) is 1.77. The second kappa shape index (κ2) is 4.34. The Kier molecular flexibility index (Phi) is 2.69. The van der Waals surface area contributed by atoms with E-state index in [4.69, 9.17) is 5.73 Å². The zero-order valence-electron chi connectivity index (χ0n) is 9.89. The number of hydrogen-bond donors (Lipinski definition) is 1. The molecule has 17 heavy (non-hydrogen) atoms. The molecule has 2 aliphatic carbocycles. The lowest BCUT2D eigenvalue weighted by Gasteiger charge is -2.17. The van der Waals surface area contributed by atoms with Crippen LogP contribution in [0.2, 0.25) is 0 Å². The third-order valence-electron chi connectivity index (χ3n) is 3.75. The average molecular weight is 223 g/mol. The smallest absolute Gasteiger partial charge is 0.0187 e. The summed E-state index contributed by atoms with van der Waals surface area (Å²) in [4.78, 5) is 0. The molecule has 0 aromatic heterocycles. The molecule has 1 aromatic carbocycles. The van der Waals surface area contributed by atoms with Crippen LogP contribution in [0.1, 0.15) is 17.5 Å². The van der Waals surface area contributed by atoms with Gasteiger partial charge in [-0.3, -0.25) is 0 Å². The Balaban J connectivity index is 2.20. The maximum absolute atomic E-state index is 5.98. The fourth-order valence-corrected chi connectivity index (χ4v) is 2.89. The highest BCUT2D eigenvalue weighted by Gasteiger charge is 2.21. The molecule has 0 bridgehead atoms. The Hall–Kier alpha value is -1.60. The van der Waals surface area contributed by atoms with Gasteiger partial charge in [0.1, 0.15) is 0 Å². The van der Waals surface area contributed by atoms with Gasteiger partial charge < -0.3 is 5.73 Å². The monoisotopic (exact) mass is 223 g/mol. The Bertz CT molecular complexity index is 520. The van der Waals surface area contributed by atoms with E-state index in [9.17, 15) is 0 Å². The zero-order valence-corrected chi connectivity index (χ0v) is 9.89. The summed E-state index contributed by atoms with van der Waals surface area (Å²) in [5.74, 6) is 0.547. The van der Waals surface area contributed by atoms with Gasteiger partial charge in [-0.2, -0.15) is 0 Å². The van der Waals surface area contributed by atoms with Crippen LogP contribution >= 0.6 is 0 Å². The van der Waals surface area contributed by atoms with Crippen LogP contribution in [0.3, 0.4) is 0 Å². The molecular weight excluding hydrogens is 206 g/mol. The summed E-state index contributed by atoms with van der Waals surface area (Å²) in [6.07, 6.45) is 11.1. The first-order chi connectivity index (χ1) is 8.40. The number of hydrogen-bond acceptors (Lipinski definition) is 1. The standard InChI is InChI=1S/C16H17N/c17-11-16-14-7-3-1-5-12(14)9-10-13-6-2-4-8-15(13)16/h1-8,12H,9-11,17H2. The van der Waals surface area contributed by atoms with E-state index in [1.165, 1.54) is 28.7 Å². The van der Waals surface area contributed by atoms with E-state index in [0.717, 1.165) is 6.42 Å². The molecule has 0 saturated heterocycles. The molecule has 1 heteroatoms. The van der Waals surface area contributed by atoms with Gasteiger partial charge in [0.2, 0.25) is 0 Å². The predicted molar refractivity (Wildman–Crippen MR) is 72.5 cm³/mol. The number of fused-ring (bicyclic) bond motifs is 2. The van der Waals surface area contributed by atoms with Gasteiger partial charge in [0.25, 0.3) is 0 Å². The van der Waals surface area contributed by atoms with Crippen LogP contribution in [0.25, 0.3) is 5.57 Å². The largest absolute Gasteiger partial charge is 0.326 e. The summed E-state index contributed by atoms with van der Waals surface area (Å²) in [5, 5.41) is 0. The van der Waals surface area contributed by atoms with Crippen molar-refractivity contribution in [3.8, 4) is 0 Å². The van der Waals surface area contributed by atoms with Crippen molar-refractivity contribution >= 4 is 5.57 Å². The van der Waals surface area contributed by atoms with Crippen LogP contribution < -0.4 is 5.73 Å². The van der Waals surface area contributed by atoms with Gasteiger partial charge in [0, 0.05) is 12.5 Å². The average Bonchev–Trinajstić information content (AvgIpc) is 2.55. The van der Waals surface area contributed by atoms with Crippen LogP contribution in [0.15, 0.2) is 54.1 Å². The Labute approximate surface area is 102 Å². The van der Waals surface area contributed by atoms with Gasteiger partial charge in [0.15, 0.2) is 0 Å². The van der Waals surface area contributed by atoms with Crippen molar-refractivity contribution in [1.82, 2.24) is 0 Å². The van der Waals surface area contributed by atoms with Crippen LogP contribution in [0.4, 0.5) is 0 Å². The van der Waals surface area contributed by atoms with Crippen LogP contribution in [0, 0.1) is 5.92 Å². The van der Waals surface area contributed by atoms with Gasteiger partial charge in [-0.05, 0) is 35.1 Å². The predicted octanol–water partition coefficient (Wildman–Crippen LogP) is 3.09. The van der Waals surface area contributed by atoms with E-state index < -0.39 is 0 Å². The molecule has 1 aromatic rings. The first kappa shape index (κ1) is 10.5. The van der Waals surface area contributed by atoms with Crippen molar-refractivity contribution in [2.75, 3.05) is 6.54 Å². The summed E-state index contributed by atoms with van der Waals surface area (Å²) < 4.78 is 0. The summed E-state index contributed by atoms with van der Waals surface area (Å²) in [5.41, 5.74) is 11.5. The summed E-state index contributed by atoms with van der Waals surface area (Å²) in [6.45, 7) is 0.626. The molecule has 86 valence electrons. The molecule has 1 nitrogen and oxygen atoms in total. The number of allylic oxidation sites excluding steroid dienone is 5. The van der Waals surface area contributed by atoms with Gasteiger partial charge in [-0.1, -0.05) is 48.6 Å². The van der Waals surface area contributed by atoms with Crippen molar-refractivity contribution in [3.63, 3.8) is 0 Å². The van der Waals surface area contributed by atoms with E-state index in [0.29, 0.717) is 12.5 Å². The van der Waals surface area contributed by atoms with E-state index in [1.54, 1.807) is 0 Å². The second-order valence-corrected chi connectivity index (χ2v) is 4.68. The van der Waals surface area contributed by atoms with Crippen LogP contribution in [-0.2, 0) is 6.42 Å². The molecule has 0 heterocycles. The highest BCUT2D eigenvalue weighted by molar-refractivity contribution is 5.76. The molecule has 1 unspecified atom stereocenters. The van der Waals surface area contributed by atoms with Gasteiger partial charge >= 0.3 is 0 Å². The molecule has 0 aliphatic heterocycles. The number of rotatable bonds is 1. The van der Waals surface area contributed by atoms with Crippen molar-refractivity contribution in [2.24, 2.45) is 11.7 Å². The molecule has 2 aliphatic rings. The first-order valence-electron chi connectivity index (χ1n) is 6.26. The molecule has 3 rings (SSSR count). The van der Waals surface area contributed by atoms with Gasteiger partial charge in [-0.15, -0.1) is 0 Å². The highest BCUT2D eigenvalue weighted by Crippen LogP contribution is 2.35. The lowest BCUT2D eigenvalue weighted by Crippen LogP contribution is -2.09. The van der Waals surface area contributed by atoms with Crippen molar-refractivity contribution < 1.29 is 0 Å².